The van der Waals surface area contributed by atoms with Gasteiger partial charge in [-0.15, -0.1) is 0 Å². The molecule has 1 heterocycles. The lowest BCUT2D eigenvalue weighted by Gasteiger charge is -2.34. The van der Waals surface area contributed by atoms with Crippen LogP contribution in [0.5, 0.6) is 11.5 Å². The van der Waals surface area contributed by atoms with Gasteiger partial charge in [0.2, 0.25) is 5.91 Å². The minimum absolute atomic E-state index is 0.134. The van der Waals surface area contributed by atoms with E-state index in [1.165, 1.54) is 0 Å². The number of hydrogen-bond acceptors (Lipinski definition) is 4. The lowest BCUT2D eigenvalue weighted by Crippen LogP contribution is -2.46. The number of nitrogens with zero attached hydrogens (tertiary/aromatic N) is 2. The summed E-state index contributed by atoms with van der Waals surface area (Å²) in [6, 6.07) is 7.64. The highest BCUT2D eigenvalue weighted by molar-refractivity contribution is 5.80. The molecule has 1 aromatic carbocycles. The van der Waals surface area contributed by atoms with Crippen molar-refractivity contribution in [2.24, 2.45) is 10.9 Å². The Morgan fingerprint density at radius 2 is 2.04 bits per heavy atom. The number of amides is 1. The van der Waals surface area contributed by atoms with Gasteiger partial charge in [-0.2, -0.15) is 0 Å². The first kappa shape index (κ1) is 21.9. The second-order valence-corrected chi connectivity index (χ2v) is 6.92. The molecule has 2 N–H and O–H groups in total. The maximum absolute atomic E-state index is 11.6. The van der Waals surface area contributed by atoms with E-state index in [0.717, 1.165) is 56.4 Å². The number of nitrogens with one attached hydrogen (secondary N) is 2. The van der Waals surface area contributed by atoms with E-state index in [1.807, 2.05) is 24.3 Å². The van der Waals surface area contributed by atoms with E-state index in [1.54, 1.807) is 14.2 Å². The van der Waals surface area contributed by atoms with Crippen LogP contribution >= 0.6 is 0 Å². The van der Waals surface area contributed by atoms with Gasteiger partial charge >= 0.3 is 0 Å². The molecule has 0 saturated carbocycles. The molecule has 0 spiro atoms. The van der Waals surface area contributed by atoms with Crippen molar-refractivity contribution in [3.8, 4) is 11.5 Å². The van der Waals surface area contributed by atoms with Crippen LogP contribution in [-0.2, 0) is 4.79 Å². The van der Waals surface area contributed by atoms with Gasteiger partial charge in [-0.1, -0.05) is 6.07 Å². The molecule has 0 radical (unpaired) electrons. The van der Waals surface area contributed by atoms with Gasteiger partial charge < -0.3 is 25.0 Å². The highest BCUT2D eigenvalue weighted by Gasteiger charge is 2.22. The second-order valence-electron chi connectivity index (χ2n) is 6.92. The number of likely N-dealkylation sites (tertiary alicyclic amines) is 1. The Bertz CT molecular complexity index is 628. The number of benzene rings is 1. The van der Waals surface area contributed by atoms with Gasteiger partial charge in [0.25, 0.3) is 0 Å². The number of piperidine rings is 1. The van der Waals surface area contributed by atoms with Crippen LogP contribution < -0.4 is 20.1 Å². The van der Waals surface area contributed by atoms with Crippen molar-refractivity contribution < 1.29 is 14.3 Å². The summed E-state index contributed by atoms with van der Waals surface area (Å²) in [5.41, 5.74) is 0. The summed E-state index contributed by atoms with van der Waals surface area (Å²) in [5, 5.41) is 6.10. The maximum atomic E-state index is 11.6. The van der Waals surface area contributed by atoms with Crippen LogP contribution in [0.2, 0.25) is 0 Å². The Morgan fingerprint density at radius 3 is 2.71 bits per heavy atom. The Labute approximate surface area is 168 Å². The summed E-state index contributed by atoms with van der Waals surface area (Å²) in [6.45, 7) is 6.13. The van der Waals surface area contributed by atoms with Crippen LogP contribution in [-0.4, -0.2) is 63.7 Å². The fraction of sp³-hybridized carbons (Fsp3) is 0.619. The molecule has 7 heteroatoms. The van der Waals surface area contributed by atoms with E-state index in [-0.39, 0.29) is 5.91 Å². The number of carbonyl (C=O) groups excluding carboxylic acids is 1. The third-order valence-corrected chi connectivity index (χ3v) is 4.88. The average molecular weight is 391 g/mol. The van der Waals surface area contributed by atoms with Crippen molar-refractivity contribution >= 4 is 11.9 Å². The predicted octanol–water partition coefficient (Wildman–Crippen LogP) is 2.28. The molecule has 1 saturated heterocycles. The van der Waals surface area contributed by atoms with Crippen LogP contribution in [0, 0.1) is 5.92 Å². The number of hydrogen-bond donors (Lipinski definition) is 2. The molecule has 0 atom stereocenters. The summed E-state index contributed by atoms with van der Waals surface area (Å²) in [6.07, 6.45) is 3.52. The van der Waals surface area contributed by atoms with Crippen molar-refractivity contribution in [2.75, 3.05) is 46.9 Å². The topological polar surface area (TPSA) is 75.2 Å². The molecule has 156 valence electrons. The Hall–Kier alpha value is -2.44. The van der Waals surface area contributed by atoms with Crippen LogP contribution in [0.25, 0.3) is 0 Å². The lowest BCUT2D eigenvalue weighted by atomic mass is 9.93. The fourth-order valence-corrected chi connectivity index (χ4v) is 3.27. The largest absolute Gasteiger partial charge is 0.497 e. The molecule has 1 aliphatic heterocycles. The number of carbonyl (C=O) groups is 1. The zero-order chi connectivity index (χ0) is 20.2. The lowest BCUT2D eigenvalue weighted by molar-refractivity contribution is -0.121. The summed E-state index contributed by atoms with van der Waals surface area (Å²) in [4.78, 5) is 18.6. The van der Waals surface area contributed by atoms with Gasteiger partial charge in [0.15, 0.2) is 5.96 Å². The van der Waals surface area contributed by atoms with E-state index in [2.05, 4.69) is 22.5 Å². The highest BCUT2D eigenvalue weighted by atomic mass is 16.5. The van der Waals surface area contributed by atoms with E-state index in [9.17, 15) is 4.79 Å². The van der Waals surface area contributed by atoms with E-state index < -0.39 is 0 Å². The minimum atomic E-state index is 0.134. The molecule has 0 aliphatic carbocycles. The first-order chi connectivity index (χ1) is 13.7. The Morgan fingerprint density at radius 1 is 1.29 bits per heavy atom. The van der Waals surface area contributed by atoms with Crippen molar-refractivity contribution in [3.63, 3.8) is 0 Å². The monoisotopic (exact) mass is 390 g/mol. The number of aliphatic imine (C=N–C) groups is 1. The zero-order valence-corrected chi connectivity index (χ0v) is 17.4. The molecule has 1 aliphatic rings. The summed E-state index contributed by atoms with van der Waals surface area (Å²) in [7, 11) is 3.35. The first-order valence-electron chi connectivity index (χ1n) is 10.2. The van der Waals surface area contributed by atoms with Crippen molar-refractivity contribution in [2.45, 2.75) is 32.6 Å². The van der Waals surface area contributed by atoms with Gasteiger partial charge in [-0.05, 0) is 37.8 Å². The van der Waals surface area contributed by atoms with E-state index in [0.29, 0.717) is 25.5 Å². The molecular weight excluding hydrogens is 356 g/mol. The number of methoxy groups -OCH3 is 1. The Balaban J connectivity index is 1.75. The molecule has 0 unspecified atom stereocenters. The van der Waals surface area contributed by atoms with Crippen molar-refractivity contribution in [3.05, 3.63) is 24.3 Å². The predicted molar refractivity (Wildman–Crippen MR) is 112 cm³/mol. The quantitative estimate of drug-likeness (QED) is 0.384. The first-order valence-corrected chi connectivity index (χ1v) is 10.2. The fourth-order valence-electron chi connectivity index (χ4n) is 3.27. The third kappa shape index (κ3) is 7.29. The van der Waals surface area contributed by atoms with Crippen LogP contribution in [0.1, 0.15) is 32.6 Å². The zero-order valence-electron chi connectivity index (χ0n) is 17.4. The number of ether oxygens (including phenoxy) is 2. The highest BCUT2D eigenvalue weighted by Crippen LogP contribution is 2.21. The van der Waals surface area contributed by atoms with Gasteiger partial charge in [0.05, 0.1) is 13.7 Å². The third-order valence-electron chi connectivity index (χ3n) is 4.88. The number of rotatable bonds is 9. The van der Waals surface area contributed by atoms with Crippen LogP contribution in [0.3, 0.4) is 0 Å². The summed E-state index contributed by atoms with van der Waals surface area (Å²) < 4.78 is 11.0. The standard InChI is InChI=1S/C21H34N4O3/c1-4-23-21(25-12-9-17(10-13-25)15-20(26)22-2)24-11-6-14-28-19-8-5-7-18(16-19)27-3/h5,7-8,16-17H,4,6,9-15H2,1-3H3,(H,22,26)(H,23,24). The molecule has 0 bridgehead atoms. The summed E-state index contributed by atoms with van der Waals surface area (Å²) in [5.74, 6) is 3.17. The van der Waals surface area contributed by atoms with Crippen LogP contribution in [0.4, 0.5) is 0 Å². The molecule has 0 aromatic heterocycles. The van der Waals surface area contributed by atoms with E-state index in [4.69, 9.17) is 14.5 Å². The smallest absolute Gasteiger partial charge is 0.220 e. The van der Waals surface area contributed by atoms with Gasteiger partial charge in [0.1, 0.15) is 11.5 Å². The minimum Gasteiger partial charge on any atom is -0.497 e. The van der Waals surface area contributed by atoms with Crippen LogP contribution in [0.15, 0.2) is 29.3 Å². The molecule has 28 heavy (non-hydrogen) atoms. The number of guanidine groups is 1. The second kappa shape index (κ2) is 12.1. The van der Waals surface area contributed by atoms with Gasteiger partial charge in [-0.3, -0.25) is 9.79 Å². The maximum Gasteiger partial charge on any atom is 0.220 e. The molecule has 2 rings (SSSR count). The molecular formula is C21H34N4O3. The molecule has 1 amide bonds. The summed E-state index contributed by atoms with van der Waals surface area (Å²) >= 11 is 0. The van der Waals surface area contributed by atoms with Gasteiger partial charge in [0, 0.05) is 52.1 Å². The molecule has 7 nitrogen and oxygen atoms in total. The SMILES string of the molecule is CCNC(=NCCCOc1cccc(OC)c1)N1CCC(CC(=O)NC)CC1. The normalized spacial score (nSPS) is 15.2. The van der Waals surface area contributed by atoms with Crippen molar-refractivity contribution in [1.82, 2.24) is 15.5 Å². The van der Waals surface area contributed by atoms with Gasteiger partial charge in [-0.25, -0.2) is 0 Å². The van der Waals surface area contributed by atoms with E-state index >= 15 is 0 Å². The average Bonchev–Trinajstić information content (AvgIpc) is 2.73. The Kier molecular flexibility index (Phi) is 9.45. The molecule has 1 aromatic rings. The van der Waals surface area contributed by atoms with Crippen molar-refractivity contribution in [1.29, 1.82) is 0 Å². The molecule has 1 fully saturated rings.